The largest absolute Gasteiger partial charge is 0.363 e. The van der Waals surface area contributed by atoms with E-state index in [2.05, 4.69) is 48.2 Å². The number of carbonyl (C=O) groups excluding carboxylic acids is 1. The number of fused-ring (bicyclic) bond motifs is 1. The van der Waals surface area contributed by atoms with E-state index < -0.39 is 0 Å². The van der Waals surface area contributed by atoms with Crippen LogP contribution in [0.3, 0.4) is 0 Å². The van der Waals surface area contributed by atoms with Crippen molar-refractivity contribution in [1.82, 2.24) is 4.90 Å². The van der Waals surface area contributed by atoms with Crippen LogP contribution in [0.4, 0.5) is 5.69 Å². The van der Waals surface area contributed by atoms with E-state index >= 15 is 0 Å². The molecule has 4 rings (SSSR count). The van der Waals surface area contributed by atoms with Crippen LogP contribution in [0.2, 0.25) is 0 Å². The van der Waals surface area contributed by atoms with Crippen molar-refractivity contribution in [1.29, 1.82) is 0 Å². The number of hydrogen-bond donors (Lipinski definition) is 0. The monoisotopic (exact) mass is 334 g/mol. The summed E-state index contributed by atoms with van der Waals surface area (Å²) in [5.74, 6) is 0.919. The van der Waals surface area contributed by atoms with Gasteiger partial charge in [0.2, 0.25) is 0 Å². The highest BCUT2D eigenvalue weighted by Crippen LogP contribution is 2.31. The third-order valence-electron chi connectivity index (χ3n) is 5.28. The van der Waals surface area contributed by atoms with Crippen molar-refractivity contribution in [3.8, 4) is 0 Å². The van der Waals surface area contributed by atoms with Crippen LogP contribution in [0.15, 0.2) is 48.5 Å². The minimum Gasteiger partial charge on any atom is -0.363 e. The van der Waals surface area contributed by atoms with Gasteiger partial charge in [0.15, 0.2) is 0 Å². The second-order valence-corrected chi connectivity index (χ2v) is 7.37. The Labute approximate surface area is 150 Å². The van der Waals surface area contributed by atoms with Gasteiger partial charge >= 0.3 is 0 Å². The molecule has 2 aliphatic rings. The topological polar surface area (TPSA) is 23.6 Å². The molecule has 0 atom stereocenters. The van der Waals surface area contributed by atoms with Gasteiger partial charge in [-0.15, -0.1) is 0 Å². The number of benzene rings is 2. The number of nitrogens with zero attached hydrogens (tertiary/aromatic N) is 2. The Kier molecular flexibility index (Phi) is 4.48. The molecule has 0 unspecified atom stereocenters. The molecular formula is C22H26N2O. The van der Waals surface area contributed by atoms with Gasteiger partial charge in [0, 0.05) is 37.4 Å². The first-order chi connectivity index (χ1) is 12.2. The molecule has 1 aliphatic heterocycles. The molecule has 1 heterocycles. The van der Waals surface area contributed by atoms with E-state index in [0.717, 1.165) is 44.1 Å². The number of rotatable bonds is 6. The Morgan fingerprint density at radius 3 is 2.24 bits per heavy atom. The van der Waals surface area contributed by atoms with Crippen molar-refractivity contribution in [2.45, 2.75) is 39.3 Å². The number of amides is 1. The molecule has 0 aromatic heterocycles. The Bertz CT molecular complexity index is 724. The zero-order chi connectivity index (χ0) is 17.2. The van der Waals surface area contributed by atoms with Crippen LogP contribution in [0.5, 0.6) is 0 Å². The van der Waals surface area contributed by atoms with Gasteiger partial charge in [-0.1, -0.05) is 31.2 Å². The van der Waals surface area contributed by atoms with E-state index in [1.807, 2.05) is 17.0 Å². The molecule has 1 aliphatic carbocycles. The average molecular weight is 334 g/mol. The van der Waals surface area contributed by atoms with E-state index in [1.54, 1.807) is 0 Å². The maximum absolute atomic E-state index is 12.8. The zero-order valence-electron chi connectivity index (χ0n) is 14.9. The summed E-state index contributed by atoms with van der Waals surface area (Å²) in [6.45, 7) is 5.83. The fourth-order valence-electron chi connectivity index (χ4n) is 3.67. The predicted molar refractivity (Wildman–Crippen MR) is 102 cm³/mol. The first kappa shape index (κ1) is 16.2. The minimum atomic E-state index is 0.185. The summed E-state index contributed by atoms with van der Waals surface area (Å²) in [6.07, 6.45) is 3.58. The summed E-state index contributed by atoms with van der Waals surface area (Å²) in [4.78, 5) is 17.2. The van der Waals surface area contributed by atoms with Gasteiger partial charge < -0.3 is 9.80 Å². The SMILES string of the molecule is CCCN(CC1CC1)C(=O)c1ccc(N2Cc3ccccc3C2)cc1. The van der Waals surface area contributed by atoms with Gasteiger partial charge in [-0.25, -0.2) is 0 Å². The molecule has 25 heavy (non-hydrogen) atoms. The number of anilines is 1. The molecular weight excluding hydrogens is 308 g/mol. The van der Waals surface area contributed by atoms with E-state index in [4.69, 9.17) is 0 Å². The lowest BCUT2D eigenvalue weighted by Gasteiger charge is -2.23. The maximum Gasteiger partial charge on any atom is 0.253 e. The van der Waals surface area contributed by atoms with Crippen LogP contribution < -0.4 is 4.90 Å². The Morgan fingerprint density at radius 1 is 1.04 bits per heavy atom. The Balaban J connectivity index is 1.45. The van der Waals surface area contributed by atoms with Crippen molar-refractivity contribution < 1.29 is 4.79 Å². The first-order valence-corrected chi connectivity index (χ1v) is 9.45. The molecule has 1 saturated carbocycles. The van der Waals surface area contributed by atoms with Gasteiger partial charge in [0.1, 0.15) is 0 Å². The molecule has 1 amide bonds. The second kappa shape index (κ2) is 6.91. The molecule has 0 radical (unpaired) electrons. The Morgan fingerprint density at radius 2 is 1.68 bits per heavy atom. The Hall–Kier alpha value is -2.29. The third-order valence-corrected chi connectivity index (χ3v) is 5.28. The minimum absolute atomic E-state index is 0.185. The van der Waals surface area contributed by atoms with Crippen LogP contribution in [-0.4, -0.2) is 23.9 Å². The second-order valence-electron chi connectivity index (χ2n) is 7.37. The molecule has 0 saturated heterocycles. The molecule has 3 nitrogen and oxygen atoms in total. The summed E-state index contributed by atoms with van der Waals surface area (Å²) >= 11 is 0. The molecule has 2 aromatic rings. The van der Waals surface area contributed by atoms with Crippen molar-refractivity contribution in [3.05, 3.63) is 65.2 Å². The van der Waals surface area contributed by atoms with Gasteiger partial charge in [0.25, 0.3) is 5.91 Å². The van der Waals surface area contributed by atoms with Crippen molar-refractivity contribution in [3.63, 3.8) is 0 Å². The number of carbonyl (C=O) groups is 1. The van der Waals surface area contributed by atoms with Gasteiger partial charge in [-0.2, -0.15) is 0 Å². The van der Waals surface area contributed by atoms with Crippen LogP contribution in [0.1, 0.15) is 47.7 Å². The molecule has 1 fully saturated rings. The van der Waals surface area contributed by atoms with E-state index in [1.165, 1.54) is 29.7 Å². The summed E-state index contributed by atoms with van der Waals surface area (Å²) in [5, 5.41) is 0. The summed E-state index contributed by atoms with van der Waals surface area (Å²) < 4.78 is 0. The smallest absolute Gasteiger partial charge is 0.253 e. The zero-order valence-corrected chi connectivity index (χ0v) is 14.9. The standard InChI is InChI=1S/C22H26N2O/c1-2-13-23(14-17-7-8-17)22(25)18-9-11-21(12-10-18)24-15-19-5-3-4-6-20(19)16-24/h3-6,9-12,17H,2,7-8,13-16H2,1H3. The normalized spacial score (nSPS) is 16.0. The fourth-order valence-corrected chi connectivity index (χ4v) is 3.67. The van der Waals surface area contributed by atoms with Crippen molar-refractivity contribution >= 4 is 11.6 Å². The summed E-state index contributed by atoms with van der Waals surface area (Å²) in [5.41, 5.74) is 4.81. The molecule has 0 spiro atoms. The van der Waals surface area contributed by atoms with Crippen molar-refractivity contribution in [2.75, 3.05) is 18.0 Å². The van der Waals surface area contributed by atoms with Gasteiger partial charge in [0.05, 0.1) is 0 Å². The van der Waals surface area contributed by atoms with Crippen LogP contribution in [-0.2, 0) is 13.1 Å². The lowest BCUT2D eigenvalue weighted by atomic mass is 10.1. The molecule has 3 heteroatoms. The maximum atomic E-state index is 12.8. The van der Waals surface area contributed by atoms with Gasteiger partial charge in [-0.3, -0.25) is 4.79 Å². The van der Waals surface area contributed by atoms with Crippen molar-refractivity contribution in [2.24, 2.45) is 5.92 Å². The molecule has 0 N–H and O–H groups in total. The summed E-state index contributed by atoms with van der Waals surface area (Å²) in [7, 11) is 0. The average Bonchev–Trinajstić information content (AvgIpc) is 3.36. The lowest BCUT2D eigenvalue weighted by molar-refractivity contribution is 0.0748. The highest BCUT2D eigenvalue weighted by Gasteiger charge is 2.27. The quantitative estimate of drug-likeness (QED) is 0.778. The predicted octanol–water partition coefficient (Wildman–Crippen LogP) is 4.47. The van der Waals surface area contributed by atoms with E-state index in [-0.39, 0.29) is 5.91 Å². The van der Waals surface area contributed by atoms with Crippen LogP contribution >= 0.6 is 0 Å². The van der Waals surface area contributed by atoms with Crippen LogP contribution in [0.25, 0.3) is 0 Å². The molecule has 0 bridgehead atoms. The summed E-state index contributed by atoms with van der Waals surface area (Å²) in [6, 6.07) is 16.8. The van der Waals surface area contributed by atoms with E-state index in [9.17, 15) is 4.79 Å². The third kappa shape index (κ3) is 3.55. The van der Waals surface area contributed by atoms with Gasteiger partial charge in [-0.05, 0) is 60.6 Å². The highest BCUT2D eigenvalue weighted by molar-refractivity contribution is 5.94. The molecule has 130 valence electrons. The fraction of sp³-hybridized carbons (Fsp3) is 0.409. The van der Waals surface area contributed by atoms with E-state index in [0.29, 0.717) is 0 Å². The highest BCUT2D eigenvalue weighted by atomic mass is 16.2. The number of hydrogen-bond acceptors (Lipinski definition) is 2. The molecule has 2 aromatic carbocycles. The van der Waals surface area contributed by atoms with Crippen LogP contribution in [0, 0.1) is 5.92 Å². The lowest BCUT2D eigenvalue weighted by Crippen LogP contribution is -2.33. The first-order valence-electron chi connectivity index (χ1n) is 9.45.